The predicted octanol–water partition coefficient (Wildman–Crippen LogP) is 1.91. The lowest BCUT2D eigenvalue weighted by molar-refractivity contribution is 0.545. The molecule has 5 nitrogen and oxygen atoms in total. The molecule has 5 heteroatoms. The number of nitrogen functional groups attached to an aromatic ring is 1. The van der Waals surface area contributed by atoms with E-state index < -0.39 is 0 Å². The van der Waals surface area contributed by atoms with Crippen molar-refractivity contribution in [3.05, 3.63) is 11.9 Å². The normalized spacial score (nSPS) is 20.3. The van der Waals surface area contributed by atoms with E-state index in [1.165, 1.54) is 6.42 Å². The Kier molecular flexibility index (Phi) is 3.43. The molecule has 100 valence electrons. The number of anilines is 2. The predicted molar refractivity (Wildman–Crippen MR) is 74.5 cm³/mol. The summed E-state index contributed by atoms with van der Waals surface area (Å²) in [6.45, 7) is 10.7. The average molecular weight is 249 g/mol. The number of hydrogen-bond donors (Lipinski definition) is 2. The highest BCUT2D eigenvalue weighted by Gasteiger charge is 2.24. The van der Waals surface area contributed by atoms with Gasteiger partial charge in [-0.1, -0.05) is 27.7 Å². The molecule has 1 aliphatic rings. The fraction of sp³-hybridized carbons (Fsp3) is 0.692. The summed E-state index contributed by atoms with van der Waals surface area (Å²) in [7, 11) is 0. The van der Waals surface area contributed by atoms with Crippen LogP contribution in [0.15, 0.2) is 6.07 Å². The highest BCUT2D eigenvalue weighted by atomic mass is 15.3. The Morgan fingerprint density at radius 1 is 1.39 bits per heavy atom. The minimum Gasteiger partial charge on any atom is -0.356 e. The molecule has 1 aromatic heterocycles. The van der Waals surface area contributed by atoms with Crippen LogP contribution in [-0.2, 0) is 5.41 Å². The summed E-state index contributed by atoms with van der Waals surface area (Å²) in [5, 5.41) is 0. The second kappa shape index (κ2) is 4.72. The summed E-state index contributed by atoms with van der Waals surface area (Å²) in [4.78, 5) is 11.4. The third-order valence-electron chi connectivity index (χ3n) is 3.28. The number of nitrogens with one attached hydrogen (secondary N) is 1. The number of nitrogens with two attached hydrogens (primary N) is 1. The van der Waals surface area contributed by atoms with Gasteiger partial charge in [0.25, 0.3) is 0 Å². The maximum Gasteiger partial charge on any atom is 0.145 e. The van der Waals surface area contributed by atoms with Crippen LogP contribution in [0.2, 0.25) is 0 Å². The minimum absolute atomic E-state index is 0.0764. The molecule has 1 aliphatic heterocycles. The van der Waals surface area contributed by atoms with Gasteiger partial charge in [-0.15, -0.1) is 0 Å². The molecule has 3 N–H and O–H groups in total. The van der Waals surface area contributed by atoms with Gasteiger partial charge in [0.15, 0.2) is 0 Å². The van der Waals surface area contributed by atoms with Crippen molar-refractivity contribution in [3.8, 4) is 0 Å². The van der Waals surface area contributed by atoms with Crippen LogP contribution in [0.5, 0.6) is 0 Å². The Balaban J connectivity index is 2.35. The van der Waals surface area contributed by atoms with E-state index in [9.17, 15) is 0 Å². The van der Waals surface area contributed by atoms with Crippen LogP contribution in [0.1, 0.15) is 39.9 Å². The number of aromatic nitrogens is 2. The number of hydrazine groups is 1. The number of rotatable bonds is 2. The van der Waals surface area contributed by atoms with E-state index >= 15 is 0 Å². The molecule has 0 aromatic carbocycles. The Morgan fingerprint density at radius 2 is 2.11 bits per heavy atom. The highest BCUT2D eigenvalue weighted by Crippen LogP contribution is 2.27. The Bertz CT molecular complexity index is 424. The molecule has 0 saturated carbocycles. The van der Waals surface area contributed by atoms with E-state index in [0.29, 0.717) is 5.82 Å². The fourth-order valence-electron chi connectivity index (χ4n) is 2.15. The van der Waals surface area contributed by atoms with Crippen LogP contribution < -0.4 is 16.2 Å². The Morgan fingerprint density at radius 3 is 2.61 bits per heavy atom. The molecule has 18 heavy (non-hydrogen) atoms. The van der Waals surface area contributed by atoms with Gasteiger partial charge in [0.05, 0.1) is 0 Å². The van der Waals surface area contributed by atoms with Crippen LogP contribution >= 0.6 is 0 Å². The third kappa shape index (κ3) is 2.72. The molecular weight excluding hydrogens is 226 g/mol. The Hall–Kier alpha value is -1.36. The van der Waals surface area contributed by atoms with Gasteiger partial charge in [-0.2, -0.15) is 0 Å². The van der Waals surface area contributed by atoms with E-state index in [0.717, 1.165) is 30.6 Å². The van der Waals surface area contributed by atoms with Gasteiger partial charge in [-0.3, -0.25) is 0 Å². The molecule has 0 bridgehead atoms. The SMILES string of the molecule is CC1CCN(c2cc(NN)nc(C(C)(C)C)n2)C1. The van der Waals surface area contributed by atoms with Crippen molar-refractivity contribution in [3.63, 3.8) is 0 Å². The molecule has 2 heterocycles. The first-order chi connectivity index (χ1) is 8.40. The fourth-order valence-corrected chi connectivity index (χ4v) is 2.15. The molecule has 2 rings (SSSR count). The zero-order valence-corrected chi connectivity index (χ0v) is 11.7. The molecule has 0 spiro atoms. The largest absolute Gasteiger partial charge is 0.356 e. The van der Waals surface area contributed by atoms with Gasteiger partial charge in [-0.05, 0) is 12.3 Å². The summed E-state index contributed by atoms with van der Waals surface area (Å²) >= 11 is 0. The Labute approximate surface area is 109 Å². The van der Waals surface area contributed by atoms with Crippen molar-refractivity contribution in [2.45, 2.75) is 39.5 Å². The van der Waals surface area contributed by atoms with Gasteiger partial charge >= 0.3 is 0 Å². The van der Waals surface area contributed by atoms with Crippen molar-refractivity contribution < 1.29 is 0 Å². The number of nitrogens with zero attached hydrogens (tertiary/aromatic N) is 3. The summed E-state index contributed by atoms with van der Waals surface area (Å²) in [5.74, 6) is 8.72. The van der Waals surface area contributed by atoms with Crippen LogP contribution in [0, 0.1) is 5.92 Å². The van der Waals surface area contributed by atoms with Crippen molar-refractivity contribution in [2.24, 2.45) is 11.8 Å². The summed E-state index contributed by atoms with van der Waals surface area (Å²) < 4.78 is 0. The van der Waals surface area contributed by atoms with Gasteiger partial charge in [0.1, 0.15) is 17.5 Å². The van der Waals surface area contributed by atoms with E-state index in [1.807, 2.05) is 6.07 Å². The zero-order chi connectivity index (χ0) is 13.3. The molecule has 0 amide bonds. The minimum atomic E-state index is -0.0764. The molecule has 1 saturated heterocycles. The van der Waals surface area contributed by atoms with Crippen molar-refractivity contribution in [1.29, 1.82) is 0 Å². The molecule has 0 aliphatic carbocycles. The first-order valence-electron chi connectivity index (χ1n) is 6.51. The summed E-state index contributed by atoms with van der Waals surface area (Å²) in [6, 6.07) is 1.92. The van der Waals surface area contributed by atoms with Crippen LogP contribution in [-0.4, -0.2) is 23.1 Å². The van der Waals surface area contributed by atoms with E-state index in [2.05, 4.69) is 48.0 Å². The second-order valence-electron chi connectivity index (χ2n) is 6.17. The second-order valence-corrected chi connectivity index (χ2v) is 6.17. The molecule has 1 atom stereocenters. The summed E-state index contributed by atoms with van der Waals surface area (Å²) in [6.07, 6.45) is 1.22. The van der Waals surface area contributed by atoms with Crippen molar-refractivity contribution in [1.82, 2.24) is 9.97 Å². The maximum absolute atomic E-state index is 5.50. The zero-order valence-electron chi connectivity index (χ0n) is 11.7. The quantitative estimate of drug-likeness (QED) is 0.619. The lowest BCUT2D eigenvalue weighted by Crippen LogP contribution is -2.25. The maximum atomic E-state index is 5.50. The van der Waals surface area contributed by atoms with Gasteiger partial charge in [0.2, 0.25) is 0 Å². The first kappa shape index (κ1) is 13.1. The average Bonchev–Trinajstić information content (AvgIpc) is 2.74. The highest BCUT2D eigenvalue weighted by molar-refractivity contribution is 5.50. The molecule has 1 aromatic rings. The van der Waals surface area contributed by atoms with Gasteiger partial charge in [0, 0.05) is 24.6 Å². The molecule has 1 unspecified atom stereocenters. The van der Waals surface area contributed by atoms with E-state index in [-0.39, 0.29) is 5.41 Å². The van der Waals surface area contributed by atoms with Crippen LogP contribution in [0.25, 0.3) is 0 Å². The number of hydrogen-bond acceptors (Lipinski definition) is 5. The third-order valence-corrected chi connectivity index (χ3v) is 3.28. The van der Waals surface area contributed by atoms with Crippen LogP contribution in [0.4, 0.5) is 11.6 Å². The molecule has 1 fully saturated rings. The van der Waals surface area contributed by atoms with Crippen molar-refractivity contribution >= 4 is 11.6 Å². The standard InChI is InChI=1S/C13H23N5/c1-9-5-6-18(8-9)11-7-10(17-14)15-12(16-11)13(2,3)4/h7,9H,5-6,8,14H2,1-4H3,(H,15,16,17). The summed E-state index contributed by atoms with van der Waals surface area (Å²) in [5.41, 5.74) is 2.56. The van der Waals surface area contributed by atoms with E-state index in [4.69, 9.17) is 5.84 Å². The van der Waals surface area contributed by atoms with Crippen LogP contribution in [0.3, 0.4) is 0 Å². The monoisotopic (exact) mass is 249 g/mol. The van der Waals surface area contributed by atoms with E-state index in [1.54, 1.807) is 0 Å². The van der Waals surface area contributed by atoms with Gasteiger partial charge in [-0.25, -0.2) is 15.8 Å². The lowest BCUT2D eigenvalue weighted by Gasteiger charge is -2.22. The molecule has 0 radical (unpaired) electrons. The van der Waals surface area contributed by atoms with Crippen molar-refractivity contribution in [2.75, 3.05) is 23.4 Å². The van der Waals surface area contributed by atoms with Gasteiger partial charge < -0.3 is 10.3 Å². The smallest absolute Gasteiger partial charge is 0.145 e. The first-order valence-corrected chi connectivity index (χ1v) is 6.51. The molecular formula is C13H23N5. The topological polar surface area (TPSA) is 67.1 Å². The lowest BCUT2D eigenvalue weighted by atomic mass is 9.96.